The van der Waals surface area contributed by atoms with Gasteiger partial charge in [-0.2, -0.15) is 5.26 Å². The van der Waals surface area contributed by atoms with Crippen molar-refractivity contribution in [1.29, 1.82) is 5.26 Å². The minimum absolute atomic E-state index is 0.0261. The van der Waals surface area contributed by atoms with Crippen LogP contribution in [0.4, 0.5) is 27.6 Å². The second-order valence-electron chi connectivity index (χ2n) is 8.80. The highest BCUT2D eigenvalue weighted by atomic mass is 19.3. The summed E-state index contributed by atoms with van der Waals surface area (Å²) in [5.41, 5.74) is 6.74. The molecular weight excluding hydrogens is 451 g/mol. The maximum absolute atomic E-state index is 14.8. The lowest BCUT2D eigenvalue weighted by atomic mass is 9.74. The number of nitrogen functional groups attached to an aromatic ring is 1. The molecule has 3 aromatic rings. The van der Waals surface area contributed by atoms with Crippen molar-refractivity contribution >= 4 is 5.69 Å². The van der Waals surface area contributed by atoms with Gasteiger partial charge in [-0.1, -0.05) is 24.3 Å². The summed E-state index contributed by atoms with van der Waals surface area (Å²) < 4.78 is 72.4. The monoisotopic (exact) mass is 470 g/mol. The van der Waals surface area contributed by atoms with E-state index < -0.39 is 42.2 Å². The number of anilines is 1. The summed E-state index contributed by atoms with van der Waals surface area (Å²) in [6.07, 6.45) is -4.18. The van der Waals surface area contributed by atoms with Gasteiger partial charge < -0.3 is 10.8 Å². The van der Waals surface area contributed by atoms with Crippen molar-refractivity contribution in [2.75, 3.05) is 5.73 Å². The SMILES string of the molecule is N#Cc1cc(F)cc2c1[C@@H](c1ccc(-c3cccc(F)c3N)c3c1CC(F)(F)[C@H]3O)CC[C@@H]2F. The Morgan fingerprint density at radius 3 is 2.50 bits per heavy atom. The van der Waals surface area contributed by atoms with Crippen LogP contribution in [0.3, 0.4) is 0 Å². The van der Waals surface area contributed by atoms with Crippen molar-refractivity contribution in [2.45, 2.75) is 43.4 Å². The maximum Gasteiger partial charge on any atom is 0.281 e. The maximum atomic E-state index is 14.8. The van der Waals surface area contributed by atoms with Crippen LogP contribution in [-0.4, -0.2) is 11.0 Å². The van der Waals surface area contributed by atoms with Crippen LogP contribution in [0.1, 0.15) is 64.4 Å². The Morgan fingerprint density at radius 1 is 1.00 bits per heavy atom. The van der Waals surface area contributed by atoms with E-state index in [2.05, 4.69) is 0 Å². The van der Waals surface area contributed by atoms with Gasteiger partial charge in [0.25, 0.3) is 5.92 Å². The molecule has 8 heteroatoms. The van der Waals surface area contributed by atoms with Crippen molar-refractivity contribution in [2.24, 2.45) is 0 Å². The van der Waals surface area contributed by atoms with E-state index in [1.807, 2.05) is 6.07 Å². The van der Waals surface area contributed by atoms with Gasteiger partial charge >= 0.3 is 0 Å². The summed E-state index contributed by atoms with van der Waals surface area (Å²) in [7, 11) is 0. The van der Waals surface area contributed by atoms with Gasteiger partial charge in [0.2, 0.25) is 0 Å². The van der Waals surface area contributed by atoms with E-state index in [4.69, 9.17) is 5.73 Å². The first-order valence-electron chi connectivity index (χ1n) is 10.8. The van der Waals surface area contributed by atoms with E-state index in [1.54, 1.807) is 6.07 Å². The predicted molar refractivity (Wildman–Crippen MR) is 116 cm³/mol. The lowest BCUT2D eigenvalue weighted by Gasteiger charge is -2.31. The third-order valence-corrected chi connectivity index (χ3v) is 6.89. The van der Waals surface area contributed by atoms with Gasteiger partial charge in [-0.3, -0.25) is 0 Å². The normalized spacial score (nSPS) is 22.7. The first-order chi connectivity index (χ1) is 16.1. The van der Waals surface area contributed by atoms with E-state index >= 15 is 0 Å². The molecule has 0 aromatic heterocycles. The summed E-state index contributed by atoms with van der Waals surface area (Å²) in [5, 5.41) is 20.2. The average Bonchev–Trinajstić information content (AvgIpc) is 3.04. The molecule has 5 rings (SSSR count). The fourth-order valence-electron chi connectivity index (χ4n) is 5.37. The van der Waals surface area contributed by atoms with Crippen LogP contribution in [0.15, 0.2) is 42.5 Å². The molecule has 0 bridgehead atoms. The summed E-state index contributed by atoms with van der Waals surface area (Å²) in [6.45, 7) is 0. The van der Waals surface area contributed by atoms with Crippen LogP contribution in [0.25, 0.3) is 11.1 Å². The lowest BCUT2D eigenvalue weighted by molar-refractivity contribution is -0.0966. The third-order valence-electron chi connectivity index (χ3n) is 6.89. The van der Waals surface area contributed by atoms with Crippen LogP contribution >= 0.6 is 0 Å². The first kappa shape index (κ1) is 22.4. The van der Waals surface area contributed by atoms with E-state index in [-0.39, 0.29) is 57.5 Å². The molecule has 0 fully saturated rings. The van der Waals surface area contributed by atoms with E-state index in [1.165, 1.54) is 18.2 Å². The molecule has 0 saturated carbocycles. The van der Waals surface area contributed by atoms with E-state index in [9.17, 15) is 32.3 Å². The van der Waals surface area contributed by atoms with E-state index in [0.717, 1.165) is 18.2 Å². The molecule has 0 heterocycles. The molecule has 0 spiro atoms. The fourth-order valence-corrected chi connectivity index (χ4v) is 5.37. The van der Waals surface area contributed by atoms with Crippen molar-refractivity contribution in [3.8, 4) is 17.2 Å². The van der Waals surface area contributed by atoms with Crippen LogP contribution in [0, 0.1) is 23.0 Å². The zero-order valence-electron chi connectivity index (χ0n) is 17.8. The molecule has 0 aliphatic heterocycles. The number of nitriles is 1. The highest BCUT2D eigenvalue weighted by Crippen LogP contribution is 2.53. The highest BCUT2D eigenvalue weighted by Gasteiger charge is 2.50. The van der Waals surface area contributed by atoms with Gasteiger partial charge in [-0.25, -0.2) is 22.0 Å². The molecule has 0 unspecified atom stereocenters. The van der Waals surface area contributed by atoms with Gasteiger partial charge in [-0.15, -0.1) is 0 Å². The minimum atomic E-state index is -3.49. The van der Waals surface area contributed by atoms with Crippen molar-refractivity contribution in [3.05, 3.63) is 87.5 Å². The van der Waals surface area contributed by atoms with Gasteiger partial charge in [0.1, 0.15) is 23.9 Å². The molecule has 0 amide bonds. The number of halogens is 5. The zero-order valence-corrected chi connectivity index (χ0v) is 17.8. The Balaban J connectivity index is 1.76. The van der Waals surface area contributed by atoms with Crippen molar-refractivity contribution in [1.82, 2.24) is 0 Å². The second kappa shape index (κ2) is 7.81. The van der Waals surface area contributed by atoms with Crippen molar-refractivity contribution < 1.29 is 27.1 Å². The number of hydrogen-bond acceptors (Lipinski definition) is 3. The van der Waals surface area contributed by atoms with Gasteiger partial charge in [-0.05, 0) is 64.4 Å². The molecule has 0 saturated heterocycles. The zero-order chi connectivity index (χ0) is 24.4. The first-order valence-corrected chi connectivity index (χ1v) is 10.8. The number of nitrogens with two attached hydrogens (primary N) is 1. The van der Waals surface area contributed by atoms with Gasteiger partial charge in [0.15, 0.2) is 0 Å². The number of nitrogens with zero attached hydrogens (tertiary/aromatic N) is 1. The summed E-state index contributed by atoms with van der Waals surface area (Å²) in [6, 6.07) is 11.0. The Morgan fingerprint density at radius 2 is 1.76 bits per heavy atom. The topological polar surface area (TPSA) is 70.0 Å². The standard InChI is InChI=1S/C26H19F5N2O/c27-13-8-12(11-32)22-15(6-7-20(28)18(22)9-13)14-4-5-16(17-2-1-3-21(29)24(17)33)23-19(14)10-26(30,31)25(23)34/h1-5,8-9,15,20,25,34H,6-7,10,33H2/t15-,20+,25+/m1/s1. The molecule has 2 aliphatic carbocycles. The average molecular weight is 470 g/mol. The summed E-state index contributed by atoms with van der Waals surface area (Å²) in [5.74, 6) is -5.60. The summed E-state index contributed by atoms with van der Waals surface area (Å²) >= 11 is 0. The smallest absolute Gasteiger partial charge is 0.281 e. The molecule has 3 N–H and O–H groups in total. The number of hydrogen-bond donors (Lipinski definition) is 2. The molecule has 0 radical (unpaired) electrons. The van der Waals surface area contributed by atoms with Crippen LogP contribution < -0.4 is 5.73 Å². The summed E-state index contributed by atoms with van der Waals surface area (Å²) in [4.78, 5) is 0. The molecule has 3 nitrogen and oxygen atoms in total. The number of benzene rings is 3. The van der Waals surface area contributed by atoms with Crippen molar-refractivity contribution in [3.63, 3.8) is 0 Å². The van der Waals surface area contributed by atoms with Crippen LogP contribution in [-0.2, 0) is 6.42 Å². The number of aliphatic hydroxyl groups is 1. The lowest BCUT2D eigenvalue weighted by Crippen LogP contribution is -2.22. The number of aliphatic hydroxyl groups excluding tert-OH is 1. The predicted octanol–water partition coefficient (Wildman–Crippen LogP) is 6.25. The Bertz CT molecular complexity index is 1360. The Kier molecular flexibility index (Phi) is 5.14. The number of rotatable bonds is 2. The van der Waals surface area contributed by atoms with Crippen LogP contribution in [0.5, 0.6) is 0 Å². The molecule has 3 atom stereocenters. The number of alkyl halides is 3. The van der Waals surface area contributed by atoms with Gasteiger partial charge in [0, 0.05) is 17.9 Å². The molecule has 3 aromatic carbocycles. The fraction of sp³-hybridized carbons (Fsp3) is 0.269. The van der Waals surface area contributed by atoms with Crippen LogP contribution in [0.2, 0.25) is 0 Å². The minimum Gasteiger partial charge on any atom is -0.396 e. The second-order valence-corrected chi connectivity index (χ2v) is 8.80. The number of fused-ring (bicyclic) bond motifs is 2. The molecular formula is C26H19F5N2O. The molecule has 34 heavy (non-hydrogen) atoms. The van der Waals surface area contributed by atoms with Gasteiger partial charge in [0.05, 0.1) is 17.3 Å². The highest BCUT2D eigenvalue weighted by molar-refractivity contribution is 5.81. The molecule has 2 aliphatic rings. The molecule has 174 valence electrons. The third kappa shape index (κ3) is 3.26. The quantitative estimate of drug-likeness (QED) is 0.344. The number of para-hydroxylation sites is 1. The largest absolute Gasteiger partial charge is 0.396 e. The Hall–Kier alpha value is -3.44. The Labute approximate surface area is 192 Å². The van der Waals surface area contributed by atoms with E-state index in [0.29, 0.717) is 5.56 Å².